The molecule has 110 valence electrons. The SMILES string of the molecule is O=C1CCCN2c3c1cccc3[C@H]1CN(C(=O)O)CC[C@H]12. The number of anilines is 1. The Morgan fingerprint density at radius 3 is 2.95 bits per heavy atom. The molecule has 1 aromatic carbocycles. The van der Waals surface area contributed by atoms with E-state index in [9.17, 15) is 14.7 Å². The third-order valence-corrected chi connectivity index (χ3v) is 5.10. The van der Waals surface area contributed by atoms with E-state index in [4.69, 9.17) is 0 Å². The summed E-state index contributed by atoms with van der Waals surface area (Å²) in [6.07, 6.45) is 1.51. The molecular weight excluding hydrogens is 268 g/mol. The highest BCUT2D eigenvalue weighted by molar-refractivity contribution is 6.03. The molecule has 5 nitrogen and oxygen atoms in total. The van der Waals surface area contributed by atoms with Gasteiger partial charge in [0.1, 0.15) is 0 Å². The lowest BCUT2D eigenvalue weighted by Crippen LogP contribution is -2.48. The lowest BCUT2D eigenvalue weighted by atomic mass is 9.88. The maximum absolute atomic E-state index is 12.3. The number of likely N-dealkylation sites (tertiary alicyclic amines) is 1. The molecular formula is C16H18N2O3. The van der Waals surface area contributed by atoms with Gasteiger partial charge in [0, 0.05) is 43.6 Å². The van der Waals surface area contributed by atoms with Crippen molar-refractivity contribution >= 4 is 17.6 Å². The second-order valence-electron chi connectivity index (χ2n) is 6.15. The van der Waals surface area contributed by atoms with Crippen molar-refractivity contribution < 1.29 is 14.7 Å². The van der Waals surface area contributed by atoms with Crippen LogP contribution in [0.1, 0.15) is 41.1 Å². The van der Waals surface area contributed by atoms with E-state index in [-0.39, 0.29) is 11.7 Å². The van der Waals surface area contributed by atoms with E-state index in [1.54, 1.807) is 0 Å². The number of ketones is 1. The molecule has 3 aliphatic heterocycles. The van der Waals surface area contributed by atoms with Crippen molar-refractivity contribution in [2.45, 2.75) is 31.2 Å². The number of piperidine rings is 1. The van der Waals surface area contributed by atoms with Crippen LogP contribution in [0.4, 0.5) is 10.5 Å². The van der Waals surface area contributed by atoms with E-state index in [0.29, 0.717) is 25.6 Å². The Kier molecular flexibility index (Phi) is 2.71. The van der Waals surface area contributed by atoms with Crippen LogP contribution >= 0.6 is 0 Å². The summed E-state index contributed by atoms with van der Waals surface area (Å²) in [5, 5.41) is 9.24. The molecule has 1 N–H and O–H groups in total. The molecule has 0 radical (unpaired) electrons. The van der Waals surface area contributed by atoms with Gasteiger partial charge in [-0.2, -0.15) is 0 Å². The number of Topliss-reactive ketones (excluding diaryl/α,β-unsaturated/α-hetero) is 1. The van der Waals surface area contributed by atoms with Crippen LogP contribution < -0.4 is 4.90 Å². The van der Waals surface area contributed by atoms with Gasteiger partial charge in [-0.15, -0.1) is 0 Å². The minimum absolute atomic E-state index is 0.204. The van der Waals surface area contributed by atoms with Crippen LogP contribution in [0.5, 0.6) is 0 Å². The van der Waals surface area contributed by atoms with E-state index in [1.807, 2.05) is 12.1 Å². The summed E-state index contributed by atoms with van der Waals surface area (Å²) >= 11 is 0. The molecule has 5 heteroatoms. The molecule has 1 fully saturated rings. The van der Waals surface area contributed by atoms with Gasteiger partial charge < -0.3 is 14.9 Å². The summed E-state index contributed by atoms with van der Waals surface area (Å²) in [7, 11) is 0. The highest BCUT2D eigenvalue weighted by Gasteiger charge is 2.44. The highest BCUT2D eigenvalue weighted by Crippen LogP contribution is 2.47. The average Bonchev–Trinajstić information content (AvgIpc) is 2.70. The third kappa shape index (κ3) is 1.76. The van der Waals surface area contributed by atoms with Crippen LogP contribution in [0.2, 0.25) is 0 Å². The summed E-state index contributed by atoms with van der Waals surface area (Å²) < 4.78 is 0. The van der Waals surface area contributed by atoms with Gasteiger partial charge in [0.15, 0.2) is 5.78 Å². The largest absolute Gasteiger partial charge is 0.465 e. The zero-order chi connectivity index (χ0) is 14.6. The molecule has 0 bridgehead atoms. The quantitative estimate of drug-likeness (QED) is 0.795. The molecule has 1 aromatic rings. The third-order valence-electron chi connectivity index (χ3n) is 5.10. The molecule has 0 unspecified atom stereocenters. The summed E-state index contributed by atoms with van der Waals surface area (Å²) in [4.78, 5) is 27.4. The van der Waals surface area contributed by atoms with Gasteiger partial charge in [-0.3, -0.25) is 4.79 Å². The summed E-state index contributed by atoms with van der Waals surface area (Å²) in [6, 6.07) is 6.28. The predicted molar refractivity (Wildman–Crippen MR) is 78.1 cm³/mol. The molecule has 3 heterocycles. The smallest absolute Gasteiger partial charge is 0.407 e. The number of amides is 1. The van der Waals surface area contributed by atoms with Crippen LogP contribution in [0, 0.1) is 0 Å². The summed E-state index contributed by atoms with van der Waals surface area (Å²) in [5.41, 5.74) is 3.09. The minimum atomic E-state index is -0.840. The van der Waals surface area contributed by atoms with Gasteiger partial charge in [-0.25, -0.2) is 4.79 Å². The number of carbonyl (C=O) groups is 2. The fourth-order valence-electron chi connectivity index (χ4n) is 4.19. The molecule has 1 amide bonds. The molecule has 1 saturated heterocycles. The van der Waals surface area contributed by atoms with Crippen molar-refractivity contribution in [3.8, 4) is 0 Å². The Morgan fingerprint density at radius 1 is 1.29 bits per heavy atom. The fraction of sp³-hybridized carbons (Fsp3) is 0.500. The predicted octanol–water partition coefficient (Wildman–Crippen LogP) is 2.32. The summed E-state index contributed by atoms with van der Waals surface area (Å²) in [6.45, 7) is 2.04. The standard InChI is InChI=1S/C16H18N2O3/c19-14-5-2-7-18-13-6-8-17(16(20)21)9-12(13)10-3-1-4-11(14)15(10)18/h1,3-4,12-13H,2,5-9H2,(H,20,21)/t12-,13-/m1/s1. The van der Waals surface area contributed by atoms with Crippen LogP contribution in [0.15, 0.2) is 18.2 Å². The molecule has 0 aromatic heterocycles. The topological polar surface area (TPSA) is 60.9 Å². The zero-order valence-electron chi connectivity index (χ0n) is 11.8. The Hall–Kier alpha value is -2.04. The van der Waals surface area contributed by atoms with E-state index >= 15 is 0 Å². The Balaban J connectivity index is 1.80. The lowest BCUT2D eigenvalue weighted by molar-refractivity contribution is 0.0982. The number of para-hydroxylation sites is 1. The molecule has 0 saturated carbocycles. The van der Waals surface area contributed by atoms with E-state index in [1.165, 1.54) is 10.5 Å². The summed E-state index contributed by atoms with van der Waals surface area (Å²) in [5.74, 6) is 0.429. The minimum Gasteiger partial charge on any atom is -0.465 e. The van der Waals surface area contributed by atoms with Crippen molar-refractivity contribution in [3.05, 3.63) is 29.3 Å². The number of hydrogen-bond acceptors (Lipinski definition) is 3. The van der Waals surface area contributed by atoms with E-state index in [2.05, 4.69) is 11.0 Å². The lowest BCUT2D eigenvalue weighted by Gasteiger charge is -2.37. The maximum atomic E-state index is 12.3. The molecule has 2 atom stereocenters. The number of rotatable bonds is 0. The maximum Gasteiger partial charge on any atom is 0.407 e. The van der Waals surface area contributed by atoms with Gasteiger partial charge in [-0.1, -0.05) is 12.1 Å². The number of benzene rings is 1. The second-order valence-corrected chi connectivity index (χ2v) is 6.15. The first-order valence-electron chi connectivity index (χ1n) is 7.57. The normalized spacial score (nSPS) is 27.1. The monoisotopic (exact) mass is 286 g/mol. The van der Waals surface area contributed by atoms with Crippen molar-refractivity contribution in [1.29, 1.82) is 0 Å². The van der Waals surface area contributed by atoms with E-state index < -0.39 is 6.09 Å². The Labute approximate surface area is 123 Å². The molecule has 4 rings (SSSR count). The number of fused-ring (bicyclic) bond motifs is 3. The molecule has 21 heavy (non-hydrogen) atoms. The van der Waals surface area contributed by atoms with Crippen LogP contribution in [-0.2, 0) is 0 Å². The average molecular weight is 286 g/mol. The first kappa shape index (κ1) is 12.7. The van der Waals surface area contributed by atoms with Crippen LogP contribution in [0.25, 0.3) is 0 Å². The first-order valence-corrected chi connectivity index (χ1v) is 7.57. The van der Waals surface area contributed by atoms with Crippen molar-refractivity contribution in [2.24, 2.45) is 0 Å². The van der Waals surface area contributed by atoms with E-state index in [0.717, 1.165) is 30.6 Å². The molecule has 3 aliphatic rings. The number of carbonyl (C=O) groups excluding carboxylic acids is 1. The number of nitrogens with zero attached hydrogens (tertiary/aromatic N) is 2. The van der Waals surface area contributed by atoms with Crippen LogP contribution in [0.3, 0.4) is 0 Å². The van der Waals surface area contributed by atoms with Gasteiger partial charge in [0.25, 0.3) is 0 Å². The molecule has 0 spiro atoms. The highest BCUT2D eigenvalue weighted by atomic mass is 16.4. The number of hydrogen-bond donors (Lipinski definition) is 1. The Bertz CT molecular complexity index is 628. The number of carboxylic acid groups (broad SMARTS) is 1. The first-order chi connectivity index (χ1) is 10.2. The van der Waals surface area contributed by atoms with Gasteiger partial charge >= 0.3 is 6.09 Å². The zero-order valence-corrected chi connectivity index (χ0v) is 11.8. The molecule has 0 aliphatic carbocycles. The van der Waals surface area contributed by atoms with Crippen molar-refractivity contribution in [3.63, 3.8) is 0 Å². The van der Waals surface area contributed by atoms with Crippen LogP contribution in [-0.4, -0.2) is 47.6 Å². The van der Waals surface area contributed by atoms with Gasteiger partial charge in [0.2, 0.25) is 0 Å². The van der Waals surface area contributed by atoms with Crippen molar-refractivity contribution in [2.75, 3.05) is 24.5 Å². The van der Waals surface area contributed by atoms with Gasteiger partial charge in [0.05, 0.1) is 5.69 Å². The van der Waals surface area contributed by atoms with Gasteiger partial charge in [-0.05, 0) is 24.5 Å². The van der Waals surface area contributed by atoms with Crippen molar-refractivity contribution in [1.82, 2.24) is 4.90 Å². The second kappa shape index (κ2) is 4.48. The Morgan fingerprint density at radius 2 is 2.14 bits per heavy atom. The fourth-order valence-corrected chi connectivity index (χ4v) is 4.19.